The van der Waals surface area contributed by atoms with Gasteiger partial charge in [0.2, 0.25) is 0 Å². The molecule has 9 heteroatoms. The molecular weight excluding hydrogens is 370 g/mol. The third kappa shape index (κ3) is 4.53. The molecule has 0 aliphatic carbocycles. The highest BCUT2D eigenvalue weighted by Gasteiger charge is 2.37. The highest BCUT2D eigenvalue weighted by atomic mass is 32.2. The van der Waals surface area contributed by atoms with E-state index in [1.807, 2.05) is 0 Å². The lowest BCUT2D eigenvalue weighted by Gasteiger charge is -2.17. The fourth-order valence-electron chi connectivity index (χ4n) is 2.01. The van der Waals surface area contributed by atoms with Crippen molar-refractivity contribution in [3.05, 3.63) is 47.5 Å². The number of hydrogen-bond acceptors (Lipinski definition) is 3. The second-order valence-corrected chi connectivity index (χ2v) is 5.91. The molecule has 2 rings (SSSR count). The van der Waals surface area contributed by atoms with Crippen molar-refractivity contribution >= 4 is 11.8 Å². The summed E-state index contributed by atoms with van der Waals surface area (Å²) in [5.74, 6) is -0.0788. The summed E-state index contributed by atoms with van der Waals surface area (Å²) >= 11 is 0.382. The Morgan fingerprint density at radius 2 is 1.04 bits per heavy atom. The summed E-state index contributed by atoms with van der Waals surface area (Å²) in [4.78, 5) is -0.715. The first-order valence-corrected chi connectivity index (χ1v) is 7.56. The van der Waals surface area contributed by atoms with Crippen molar-refractivity contribution < 1.29 is 35.8 Å². The van der Waals surface area contributed by atoms with Gasteiger partial charge < -0.3 is 9.47 Å². The van der Waals surface area contributed by atoms with Crippen LogP contribution in [0.3, 0.4) is 0 Å². The molecule has 25 heavy (non-hydrogen) atoms. The van der Waals surface area contributed by atoms with Crippen molar-refractivity contribution in [2.45, 2.75) is 22.1 Å². The van der Waals surface area contributed by atoms with Gasteiger partial charge in [-0.25, -0.2) is 0 Å². The van der Waals surface area contributed by atoms with Crippen molar-refractivity contribution in [1.29, 1.82) is 0 Å². The van der Waals surface area contributed by atoms with Crippen LogP contribution in [0, 0.1) is 0 Å². The van der Waals surface area contributed by atoms with Crippen LogP contribution in [0.25, 0.3) is 0 Å². The summed E-state index contributed by atoms with van der Waals surface area (Å²) in [5, 5.41) is 0. The summed E-state index contributed by atoms with van der Waals surface area (Å²) in [5.41, 5.74) is -2.14. The Hall–Kier alpha value is -2.03. The maximum Gasteiger partial charge on any atom is 0.417 e. The Morgan fingerprint density at radius 1 is 0.680 bits per heavy atom. The Kier molecular flexibility index (Phi) is 5.46. The van der Waals surface area contributed by atoms with E-state index in [1.165, 1.54) is 26.4 Å². The van der Waals surface area contributed by atoms with E-state index in [0.29, 0.717) is 11.8 Å². The lowest BCUT2D eigenvalue weighted by molar-refractivity contribution is -0.140. The van der Waals surface area contributed by atoms with Crippen LogP contribution in [0.5, 0.6) is 11.5 Å². The summed E-state index contributed by atoms with van der Waals surface area (Å²) < 4.78 is 88.8. The predicted octanol–water partition coefficient (Wildman–Crippen LogP) is 5.89. The number of benzene rings is 2. The molecule has 0 unspecified atom stereocenters. The number of rotatable bonds is 4. The molecule has 0 N–H and O–H groups in total. The molecule has 136 valence electrons. The van der Waals surface area contributed by atoms with E-state index in [1.54, 1.807) is 0 Å². The average molecular weight is 382 g/mol. The fraction of sp³-hybridized carbons (Fsp3) is 0.250. The first-order valence-electron chi connectivity index (χ1n) is 6.74. The van der Waals surface area contributed by atoms with Crippen LogP contribution in [0.4, 0.5) is 26.3 Å². The Balaban J connectivity index is 2.53. The maximum atomic E-state index is 13.2. The molecule has 2 nitrogen and oxygen atoms in total. The van der Waals surface area contributed by atoms with E-state index < -0.39 is 23.5 Å². The summed E-state index contributed by atoms with van der Waals surface area (Å²) in [6.07, 6.45) is -9.47. The highest BCUT2D eigenvalue weighted by molar-refractivity contribution is 7.99. The Bertz CT molecular complexity index is 692. The molecular formula is C16H12F6O2S. The minimum absolute atomic E-state index is 0.0394. The smallest absolute Gasteiger partial charge is 0.417 e. The highest BCUT2D eigenvalue weighted by Crippen LogP contribution is 2.45. The molecule has 0 radical (unpaired) electrons. The van der Waals surface area contributed by atoms with Gasteiger partial charge in [-0.1, -0.05) is 11.8 Å². The molecule has 0 aliphatic rings. The van der Waals surface area contributed by atoms with Gasteiger partial charge in [-0.15, -0.1) is 0 Å². The SMILES string of the molecule is COc1ccc(Sc2ccc(OC)cc2C(F)(F)F)c(C(F)(F)F)c1. The van der Waals surface area contributed by atoms with Crippen molar-refractivity contribution in [2.24, 2.45) is 0 Å². The number of ether oxygens (including phenoxy) is 2. The minimum Gasteiger partial charge on any atom is -0.497 e. The number of hydrogen-bond donors (Lipinski definition) is 0. The van der Waals surface area contributed by atoms with Crippen molar-refractivity contribution in [1.82, 2.24) is 0 Å². The van der Waals surface area contributed by atoms with E-state index in [9.17, 15) is 26.3 Å². The van der Waals surface area contributed by atoms with Crippen LogP contribution in [-0.4, -0.2) is 14.2 Å². The molecule has 0 fully saturated rings. The molecule has 0 amide bonds. The molecule has 2 aromatic carbocycles. The van der Waals surface area contributed by atoms with Crippen LogP contribution in [0.2, 0.25) is 0 Å². The van der Waals surface area contributed by atoms with Gasteiger partial charge in [-0.05, 0) is 36.4 Å². The summed E-state index contributed by atoms with van der Waals surface area (Å²) in [6, 6.07) is 6.17. The normalized spacial score (nSPS) is 12.2. The van der Waals surface area contributed by atoms with Crippen molar-refractivity contribution in [2.75, 3.05) is 14.2 Å². The molecule has 0 saturated heterocycles. The van der Waals surface area contributed by atoms with Gasteiger partial charge in [0.15, 0.2) is 0 Å². The van der Waals surface area contributed by atoms with Crippen LogP contribution in [0.1, 0.15) is 11.1 Å². The van der Waals surface area contributed by atoms with E-state index in [4.69, 9.17) is 9.47 Å². The first-order chi connectivity index (χ1) is 11.6. The number of halogens is 6. The summed E-state index contributed by atoms with van der Waals surface area (Å²) in [7, 11) is 2.40. The van der Waals surface area contributed by atoms with Gasteiger partial charge >= 0.3 is 12.4 Å². The molecule has 0 atom stereocenters. The fourth-order valence-corrected chi connectivity index (χ4v) is 3.09. The topological polar surface area (TPSA) is 18.5 Å². The quantitative estimate of drug-likeness (QED) is 0.614. The molecule has 0 aliphatic heterocycles. The third-order valence-electron chi connectivity index (χ3n) is 3.20. The maximum absolute atomic E-state index is 13.2. The minimum atomic E-state index is -4.73. The number of alkyl halides is 6. The van der Waals surface area contributed by atoms with E-state index in [0.717, 1.165) is 24.3 Å². The summed E-state index contributed by atoms with van der Waals surface area (Å²) in [6.45, 7) is 0. The van der Waals surface area contributed by atoms with E-state index >= 15 is 0 Å². The van der Waals surface area contributed by atoms with Crippen molar-refractivity contribution in [3.8, 4) is 11.5 Å². The number of methoxy groups -OCH3 is 2. The van der Waals surface area contributed by atoms with Crippen molar-refractivity contribution in [3.63, 3.8) is 0 Å². The molecule has 0 aromatic heterocycles. The first kappa shape index (κ1) is 19.3. The van der Waals surface area contributed by atoms with Crippen LogP contribution < -0.4 is 9.47 Å². The van der Waals surface area contributed by atoms with Crippen LogP contribution >= 0.6 is 11.8 Å². The van der Waals surface area contributed by atoms with Crippen LogP contribution in [0.15, 0.2) is 46.2 Å². The van der Waals surface area contributed by atoms with Gasteiger partial charge in [0.25, 0.3) is 0 Å². The lowest BCUT2D eigenvalue weighted by Crippen LogP contribution is -2.09. The second-order valence-electron chi connectivity index (χ2n) is 4.82. The zero-order valence-corrected chi connectivity index (χ0v) is 13.8. The molecule has 0 bridgehead atoms. The standard InChI is InChI=1S/C16H12F6O2S/c1-23-9-3-5-13(11(7-9)15(17,18)19)25-14-6-4-10(24-2)8-12(14)16(20,21)22/h3-8H,1-2H3. The molecule has 2 aromatic rings. The van der Waals surface area contributed by atoms with E-state index in [-0.39, 0.29) is 21.3 Å². The average Bonchev–Trinajstić information content (AvgIpc) is 2.53. The van der Waals surface area contributed by atoms with E-state index in [2.05, 4.69) is 0 Å². The Labute approximate surface area is 143 Å². The largest absolute Gasteiger partial charge is 0.497 e. The van der Waals surface area contributed by atoms with Gasteiger partial charge in [-0.2, -0.15) is 26.3 Å². The molecule has 0 spiro atoms. The Morgan fingerprint density at radius 3 is 1.32 bits per heavy atom. The molecule has 0 saturated carbocycles. The van der Waals surface area contributed by atoms with Crippen LogP contribution in [-0.2, 0) is 12.4 Å². The third-order valence-corrected chi connectivity index (χ3v) is 4.36. The van der Waals surface area contributed by atoms with Gasteiger partial charge in [0.1, 0.15) is 11.5 Å². The van der Waals surface area contributed by atoms with Gasteiger partial charge in [0.05, 0.1) is 25.3 Å². The zero-order valence-electron chi connectivity index (χ0n) is 13.0. The monoisotopic (exact) mass is 382 g/mol. The molecule has 0 heterocycles. The lowest BCUT2D eigenvalue weighted by atomic mass is 10.2. The van der Waals surface area contributed by atoms with Gasteiger partial charge in [-0.3, -0.25) is 0 Å². The van der Waals surface area contributed by atoms with Gasteiger partial charge in [0, 0.05) is 9.79 Å². The predicted molar refractivity (Wildman–Crippen MR) is 80.1 cm³/mol. The zero-order chi connectivity index (χ0) is 18.8. The second kappa shape index (κ2) is 7.07.